The fraction of sp³-hybridized carbons (Fsp3) is 0.350. The fourth-order valence-corrected chi connectivity index (χ4v) is 3.63. The SMILES string of the molecule is Nc1ccccc1NC(=O)C1=C[C@H](c2cccs2)C[C@H](OCCOCCO)O1. The zero-order valence-electron chi connectivity index (χ0n) is 15.4. The molecule has 0 fully saturated rings. The van der Waals surface area contributed by atoms with E-state index in [0.29, 0.717) is 31.0 Å². The van der Waals surface area contributed by atoms with Gasteiger partial charge in [-0.15, -0.1) is 11.3 Å². The maximum atomic E-state index is 12.7. The minimum absolute atomic E-state index is 0.0194. The van der Waals surface area contributed by atoms with Gasteiger partial charge in [-0.25, -0.2) is 0 Å². The van der Waals surface area contributed by atoms with Crippen LogP contribution in [0.3, 0.4) is 0 Å². The zero-order valence-corrected chi connectivity index (χ0v) is 16.2. The van der Waals surface area contributed by atoms with E-state index in [1.807, 2.05) is 23.6 Å². The fourth-order valence-electron chi connectivity index (χ4n) is 2.82. The van der Waals surface area contributed by atoms with Gasteiger partial charge in [0.1, 0.15) is 0 Å². The Labute approximate surface area is 167 Å². The number of amides is 1. The van der Waals surface area contributed by atoms with Crippen molar-refractivity contribution in [1.82, 2.24) is 0 Å². The van der Waals surface area contributed by atoms with E-state index in [1.54, 1.807) is 35.6 Å². The number of aliphatic hydroxyl groups is 1. The van der Waals surface area contributed by atoms with E-state index in [1.165, 1.54) is 0 Å². The van der Waals surface area contributed by atoms with E-state index in [-0.39, 0.29) is 30.8 Å². The van der Waals surface area contributed by atoms with Gasteiger partial charge in [0.05, 0.1) is 37.8 Å². The number of nitrogen functional groups attached to an aromatic ring is 1. The summed E-state index contributed by atoms with van der Waals surface area (Å²) in [6.45, 7) is 0.882. The molecular formula is C20H24N2O5S. The molecule has 0 saturated carbocycles. The number of ether oxygens (including phenoxy) is 3. The zero-order chi connectivity index (χ0) is 19.8. The van der Waals surface area contributed by atoms with Crippen LogP contribution < -0.4 is 11.1 Å². The second-order valence-corrected chi connectivity index (χ2v) is 7.16. The number of carbonyl (C=O) groups excluding carboxylic acids is 1. The molecule has 0 bridgehead atoms. The van der Waals surface area contributed by atoms with Gasteiger partial charge < -0.3 is 30.4 Å². The lowest BCUT2D eigenvalue weighted by Crippen LogP contribution is -2.30. The normalized spacial score (nSPS) is 19.0. The van der Waals surface area contributed by atoms with Gasteiger partial charge in [-0.05, 0) is 29.7 Å². The molecule has 3 rings (SSSR count). The van der Waals surface area contributed by atoms with E-state index in [0.717, 1.165) is 4.88 Å². The van der Waals surface area contributed by atoms with Crippen molar-refractivity contribution in [2.45, 2.75) is 18.6 Å². The molecule has 0 unspecified atom stereocenters. The topological polar surface area (TPSA) is 103 Å². The van der Waals surface area contributed by atoms with Crippen LogP contribution in [0.2, 0.25) is 0 Å². The molecule has 28 heavy (non-hydrogen) atoms. The molecule has 0 aliphatic carbocycles. The molecule has 0 saturated heterocycles. The second kappa shape index (κ2) is 10.2. The van der Waals surface area contributed by atoms with Gasteiger partial charge in [0.25, 0.3) is 5.91 Å². The largest absolute Gasteiger partial charge is 0.459 e. The Bertz CT molecular complexity index is 794. The van der Waals surface area contributed by atoms with Gasteiger partial charge in [-0.3, -0.25) is 4.79 Å². The highest BCUT2D eigenvalue weighted by molar-refractivity contribution is 7.10. The Morgan fingerprint density at radius 3 is 2.86 bits per heavy atom. The third kappa shape index (κ3) is 5.56. The highest BCUT2D eigenvalue weighted by Crippen LogP contribution is 2.34. The maximum absolute atomic E-state index is 12.7. The Morgan fingerprint density at radius 1 is 1.25 bits per heavy atom. The molecule has 7 nitrogen and oxygen atoms in total. The molecule has 4 N–H and O–H groups in total. The number of thiophene rings is 1. The number of rotatable bonds is 9. The van der Waals surface area contributed by atoms with Crippen molar-refractivity contribution >= 4 is 28.6 Å². The van der Waals surface area contributed by atoms with Crippen molar-refractivity contribution in [3.8, 4) is 0 Å². The predicted molar refractivity (Wildman–Crippen MR) is 108 cm³/mol. The van der Waals surface area contributed by atoms with E-state index in [2.05, 4.69) is 5.32 Å². The summed E-state index contributed by atoms with van der Waals surface area (Å²) in [6.07, 6.45) is 1.86. The summed E-state index contributed by atoms with van der Waals surface area (Å²) in [4.78, 5) is 13.9. The van der Waals surface area contributed by atoms with Crippen molar-refractivity contribution in [1.29, 1.82) is 0 Å². The van der Waals surface area contributed by atoms with Crippen LogP contribution in [0.5, 0.6) is 0 Å². The van der Waals surface area contributed by atoms with Crippen molar-refractivity contribution in [2.75, 3.05) is 37.5 Å². The highest BCUT2D eigenvalue weighted by atomic mass is 32.1. The second-order valence-electron chi connectivity index (χ2n) is 6.18. The lowest BCUT2D eigenvalue weighted by molar-refractivity contribution is -0.148. The van der Waals surface area contributed by atoms with Crippen LogP contribution in [0, 0.1) is 0 Å². The summed E-state index contributed by atoms with van der Waals surface area (Å²) in [5, 5.41) is 13.5. The van der Waals surface area contributed by atoms with Gasteiger partial charge in [0.2, 0.25) is 6.29 Å². The number of benzene rings is 1. The lowest BCUT2D eigenvalue weighted by atomic mass is 9.99. The molecule has 2 atom stereocenters. The number of nitrogens with two attached hydrogens (primary N) is 1. The smallest absolute Gasteiger partial charge is 0.290 e. The molecule has 1 aromatic carbocycles. The van der Waals surface area contributed by atoms with Crippen molar-refractivity contribution in [2.24, 2.45) is 0 Å². The molecule has 1 aliphatic heterocycles. The summed E-state index contributed by atoms with van der Waals surface area (Å²) in [5.41, 5.74) is 6.92. The number of aliphatic hydroxyl groups excluding tert-OH is 1. The third-order valence-corrected chi connectivity index (χ3v) is 5.17. The van der Waals surface area contributed by atoms with Gasteiger partial charge in [0, 0.05) is 17.2 Å². The Balaban J connectivity index is 1.68. The van der Waals surface area contributed by atoms with Gasteiger partial charge in [-0.2, -0.15) is 0 Å². The van der Waals surface area contributed by atoms with Crippen LogP contribution in [-0.2, 0) is 19.0 Å². The minimum atomic E-state index is -0.566. The van der Waals surface area contributed by atoms with Crippen LogP contribution >= 0.6 is 11.3 Å². The summed E-state index contributed by atoms with van der Waals surface area (Å²) in [5.74, 6) is -0.149. The van der Waals surface area contributed by atoms with Crippen LogP contribution in [0.15, 0.2) is 53.6 Å². The minimum Gasteiger partial charge on any atom is -0.459 e. The average Bonchev–Trinajstić information content (AvgIpc) is 3.24. The van der Waals surface area contributed by atoms with Gasteiger partial charge >= 0.3 is 0 Å². The number of hydrogen-bond donors (Lipinski definition) is 3. The number of hydrogen-bond acceptors (Lipinski definition) is 7. The van der Waals surface area contributed by atoms with Crippen molar-refractivity contribution in [3.05, 3.63) is 58.5 Å². The van der Waals surface area contributed by atoms with Crippen LogP contribution in [0.4, 0.5) is 11.4 Å². The van der Waals surface area contributed by atoms with Crippen LogP contribution in [0.1, 0.15) is 17.2 Å². The number of anilines is 2. The lowest BCUT2D eigenvalue weighted by Gasteiger charge is -2.28. The molecular weight excluding hydrogens is 380 g/mol. The number of para-hydroxylation sites is 2. The van der Waals surface area contributed by atoms with Gasteiger partial charge in [0.15, 0.2) is 5.76 Å². The predicted octanol–water partition coefficient (Wildman–Crippen LogP) is 2.71. The van der Waals surface area contributed by atoms with Gasteiger partial charge in [-0.1, -0.05) is 18.2 Å². The van der Waals surface area contributed by atoms with E-state index < -0.39 is 6.29 Å². The van der Waals surface area contributed by atoms with E-state index in [4.69, 9.17) is 25.1 Å². The summed E-state index contributed by atoms with van der Waals surface area (Å²) >= 11 is 1.63. The van der Waals surface area contributed by atoms with E-state index in [9.17, 15) is 4.79 Å². The molecule has 1 aromatic heterocycles. The summed E-state index contributed by atoms with van der Waals surface area (Å²) in [6, 6.07) is 11.1. The molecule has 0 spiro atoms. The van der Waals surface area contributed by atoms with Crippen LogP contribution in [-0.4, -0.2) is 43.7 Å². The first kappa shape index (κ1) is 20.3. The molecule has 0 radical (unpaired) electrons. The summed E-state index contributed by atoms with van der Waals surface area (Å²) in [7, 11) is 0. The first-order chi connectivity index (χ1) is 13.7. The van der Waals surface area contributed by atoms with Crippen molar-refractivity contribution in [3.63, 3.8) is 0 Å². The highest BCUT2D eigenvalue weighted by Gasteiger charge is 2.29. The first-order valence-electron chi connectivity index (χ1n) is 9.05. The third-order valence-electron chi connectivity index (χ3n) is 4.17. The molecule has 2 aromatic rings. The average molecular weight is 404 g/mol. The van der Waals surface area contributed by atoms with Crippen LogP contribution in [0.25, 0.3) is 0 Å². The molecule has 1 aliphatic rings. The molecule has 8 heteroatoms. The standard InChI is InChI=1S/C20H24N2O5S/c21-15-4-1-2-5-16(15)22-20(24)17-12-14(18-6-3-11-28-18)13-19(27-17)26-10-9-25-8-7-23/h1-6,11-12,14,19,23H,7-10,13,21H2,(H,22,24)/t14-,19+/m0/s1. The molecule has 1 amide bonds. The Hall–Kier alpha value is -2.39. The molecule has 2 heterocycles. The quantitative estimate of drug-likeness (QED) is 0.439. The number of carbonyl (C=O) groups is 1. The Kier molecular flexibility index (Phi) is 7.44. The first-order valence-corrected chi connectivity index (χ1v) is 9.93. The maximum Gasteiger partial charge on any atom is 0.290 e. The summed E-state index contributed by atoms with van der Waals surface area (Å²) < 4.78 is 16.7. The number of allylic oxidation sites excluding steroid dienone is 1. The Morgan fingerprint density at radius 2 is 2.11 bits per heavy atom. The van der Waals surface area contributed by atoms with E-state index >= 15 is 0 Å². The molecule has 150 valence electrons. The monoisotopic (exact) mass is 404 g/mol. The van der Waals surface area contributed by atoms with Crippen molar-refractivity contribution < 1.29 is 24.1 Å². The number of nitrogens with one attached hydrogen (secondary N) is 1.